The molecule has 0 amide bonds. The quantitative estimate of drug-likeness (QED) is 0.648. The molecule has 1 unspecified atom stereocenters. The molecular formula is C11H14BrN3O. The summed E-state index contributed by atoms with van der Waals surface area (Å²) in [5, 5.41) is 3.35. The second-order valence-corrected chi connectivity index (χ2v) is 4.97. The number of ether oxygens (including phenoxy) is 1. The third-order valence-corrected chi connectivity index (χ3v) is 3.60. The molecule has 4 nitrogen and oxygen atoms in total. The van der Waals surface area contributed by atoms with Gasteiger partial charge >= 0.3 is 0 Å². The first-order valence-corrected chi connectivity index (χ1v) is 6.33. The Kier molecular flexibility index (Phi) is 2.71. The molecule has 1 N–H and O–H groups in total. The Morgan fingerprint density at radius 2 is 2.12 bits per heavy atom. The fourth-order valence-electron chi connectivity index (χ4n) is 2.21. The molecular weight excluding hydrogens is 270 g/mol. The molecule has 0 saturated carbocycles. The van der Waals surface area contributed by atoms with Crippen LogP contribution in [-0.2, 0) is 10.5 Å². The van der Waals surface area contributed by atoms with Gasteiger partial charge in [-0.1, -0.05) is 6.07 Å². The van der Waals surface area contributed by atoms with Crippen LogP contribution >= 0.6 is 15.9 Å². The minimum atomic E-state index is -0.244. The summed E-state index contributed by atoms with van der Waals surface area (Å²) in [6.07, 6.45) is 0. The van der Waals surface area contributed by atoms with Crippen molar-refractivity contribution in [1.29, 1.82) is 0 Å². The second-order valence-electron chi connectivity index (χ2n) is 4.16. The summed E-state index contributed by atoms with van der Waals surface area (Å²) >= 11 is 3.41. The lowest BCUT2D eigenvalue weighted by molar-refractivity contribution is 0.0602. The summed E-state index contributed by atoms with van der Waals surface area (Å²) in [7, 11) is 0. The molecule has 0 aromatic carbocycles. The molecule has 86 valence electrons. The van der Waals surface area contributed by atoms with E-state index in [1.807, 2.05) is 18.2 Å². The summed E-state index contributed by atoms with van der Waals surface area (Å²) in [4.78, 5) is 6.89. The molecule has 0 aliphatic carbocycles. The number of hydrogen-bond acceptors (Lipinski definition) is 4. The first-order valence-electron chi connectivity index (χ1n) is 5.54. The Labute approximate surface area is 103 Å². The van der Waals surface area contributed by atoms with E-state index in [4.69, 9.17) is 4.74 Å². The minimum Gasteiger partial charge on any atom is -0.347 e. The highest BCUT2D eigenvalue weighted by atomic mass is 79.9. The summed E-state index contributed by atoms with van der Waals surface area (Å²) in [6, 6.07) is 6.00. The van der Waals surface area contributed by atoms with Crippen molar-refractivity contribution >= 4 is 15.9 Å². The molecule has 1 aromatic heterocycles. The Hall–Kier alpha value is -0.490. The van der Waals surface area contributed by atoms with Crippen molar-refractivity contribution in [3.8, 4) is 0 Å². The third-order valence-electron chi connectivity index (χ3n) is 3.16. The van der Waals surface area contributed by atoms with Crippen LogP contribution in [0, 0.1) is 0 Å². The van der Waals surface area contributed by atoms with E-state index < -0.39 is 0 Å². The molecule has 0 bridgehead atoms. The summed E-state index contributed by atoms with van der Waals surface area (Å²) in [5.41, 5.74) is 0.773. The van der Waals surface area contributed by atoms with Crippen molar-refractivity contribution < 1.29 is 4.74 Å². The molecule has 16 heavy (non-hydrogen) atoms. The zero-order valence-corrected chi connectivity index (χ0v) is 10.5. The van der Waals surface area contributed by atoms with Crippen LogP contribution in [0.15, 0.2) is 22.8 Å². The van der Waals surface area contributed by atoms with Gasteiger partial charge in [-0.2, -0.15) is 0 Å². The number of aromatic nitrogens is 1. The van der Waals surface area contributed by atoms with Gasteiger partial charge in [0.25, 0.3) is 0 Å². The highest BCUT2D eigenvalue weighted by molar-refractivity contribution is 9.10. The number of epoxide rings is 1. The predicted octanol–water partition coefficient (Wildman–Crippen LogP) is 0.932. The van der Waals surface area contributed by atoms with Crippen LogP contribution in [0.2, 0.25) is 0 Å². The highest BCUT2D eigenvalue weighted by Crippen LogP contribution is 2.41. The SMILES string of the molecule is Brc1cccc(C2(N3CCNCC3)CO2)n1. The standard InChI is InChI=1S/C11H14BrN3O/c12-10-3-1-2-9(14-10)11(8-16-11)15-6-4-13-5-7-15/h1-3,13H,4-8H2. The van der Waals surface area contributed by atoms with E-state index in [0.29, 0.717) is 0 Å². The molecule has 0 spiro atoms. The smallest absolute Gasteiger partial charge is 0.188 e. The van der Waals surface area contributed by atoms with Gasteiger partial charge in [0.2, 0.25) is 0 Å². The Balaban J connectivity index is 1.87. The molecule has 1 aromatic rings. The summed E-state index contributed by atoms with van der Waals surface area (Å²) in [5.74, 6) is 0. The van der Waals surface area contributed by atoms with Crippen molar-refractivity contribution in [2.45, 2.75) is 5.72 Å². The van der Waals surface area contributed by atoms with E-state index in [1.54, 1.807) is 0 Å². The van der Waals surface area contributed by atoms with Gasteiger partial charge in [0.05, 0.1) is 12.3 Å². The van der Waals surface area contributed by atoms with E-state index in [0.717, 1.165) is 43.1 Å². The van der Waals surface area contributed by atoms with Gasteiger partial charge in [-0.25, -0.2) is 4.98 Å². The van der Waals surface area contributed by atoms with Crippen molar-refractivity contribution in [2.24, 2.45) is 0 Å². The normalized spacial score (nSPS) is 30.3. The molecule has 3 heterocycles. The lowest BCUT2D eigenvalue weighted by Gasteiger charge is -2.32. The lowest BCUT2D eigenvalue weighted by atomic mass is 10.1. The topological polar surface area (TPSA) is 40.7 Å². The van der Waals surface area contributed by atoms with Crippen LogP contribution in [0.1, 0.15) is 5.69 Å². The monoisotopic (exact) mass is 283 g/mol. The summed E-state index contributed by atoms with van der Waals surface area (Å²) in [6.45, 7) is 4.86. The van der Waals surface area contributed by atoms with Crippen molar-refractivity contribution in [2.75, 3.05) is 32.8 Å². The van der Waals surface area contributed by atoms with Crippen molar-refractivity contribution in [1.82, 2.24) is 15.2 Å². The van der Waals surface area contributed by atoms with Gasteiger partial charge < -0.3 is 10.1 Å². The van der Waals surface area contributed by atoms with Crippen LogP contribution in [0.3, 0.4) is 0 Å². The van der Waals surface area contributed by atoms with E-state index in [2.05, 4.69) is 31.1 Å². The zero-order chi connectivity index (χ0) is 11.0. The maximum Gasteiger partial charge on any atom is 0.188 e. The number of nitrogens with zero attached hydrogens (tertiary/aromatic N) is 2. The molecule has 1 atom stereocenters. The van der Waals surface area contributed by atoms with Gasteiger partial charge in [0, 0.05) is 26.2 Å². The molecule has 2 aliphatic heterocycles. The largest absolute Gasteiger partial charge is 0.347 e. The van der Waals surface area contributed by atoms with Crippen LogP contribution in [0.25, 0.3) is 0 Å². The van der Waals surface area contributed by atoms with Crippen LogP contribution < -0.4 is 5.32 Å². The molecule has 0 radical (unpaired) electrons. The maximum atomic E-state index is 5.69. The third kappa shape index (κ3) is 1.78. The van der Waals surface area contributed by atoms with Gasteiger partial charge in [-0.05, 0) is 28.1 Å². The van der Waals surface area contributed by atoms with Crippen molar-refractivity contribution in [3.63, 3.8) is 0 Å². The summed E-state index contributed by atoms with van der Waals surface area (Å²) < 4.78 is 6.56. The van der Waals surface area contributed by atoms with E-state index in [9.17, 15) is 0 Å². The number of nitrogens with one attached hydrogen (secondary N) is 1. The van der Waals surface area contributed by atoms with Crippen LogP contribution in [-0.4, -0.2) is 42.7 Å². The molecule has 2 aliphatic rings. The number of hydrogen-bond donors (Lipinski definition) is 1. The van der Waals surface area contributed by atoms with Gasteiger partial charge in [0.1, 0.15) is 4.60 Å². The Bertz CT molecular complexity index is 389. The van der Waals surface area contributed by atoms with E-state index >= 15 is 0 Å². The van der Waals surface area contributed by atoms with Gasteiger partial charge in [0.15, 0.2) is 5.72 Å². The number of pyridine rings is 1. The fourth-order valence-corrected chi connectivity index (χ4v) is 2.56. The first-order chi connectivity index (χ1) is 7.81. The molecule has 2 saturated heterocycles. The zero-order valence-electron chi connectivity index (χ0n) is 8.95. The number of halogens is 1. The fraction of sp³-hybridized carbons (Fsp3) is 0.545. The minimum absolute atomic E-state index is 0.244. The number of piperazine rings is 1. The van der Waals surface area contributed by atoms with Crippen molar-refractivity contribution in [3.05, 3.63) is 28.5 Å². The predicted molar refractivity (Wildman–Crippen MR) is 64.0 cm³/mol. The maximum absolute atomic E-state index is 5.69. The van der Waals surface area contributed by atoms with Gasteiger partial charge in [-0.3, -0.25) is 4.90 Å². The first kappa shape index (κ1) is 10.7. The molecule has 5 heteroatoms. The van der Waals surface area contributed by atoms with Gasteiger partial charge in [-0.15, -0.1) is 0 Å². The second kappa shape index (κ2) is 4.07. The van der Waals surface area contributed by atoms with Crippen LogP contribution in [0.5, 0.6) is 0 Å². The van der Waals surface area contributed by atoms with E-state index in [-0.39, 0.29) is 5.72 Å². The van der Waals surface area contributed by atoms with Crippen LogP contribution in [0.4, 0.5) is 0 Å². The Morgan fingerprint density at radius 1 is 1.38 bits per heavy atom. The average molecular weight is 284 g/mol. The highest BCUT2D eigenvalue weighted by Gasteiger charge is 2.53. The number of rotatable bonds is 2. The van der Waals surface area contributed by atoms with E-state index in [1.165, 1.54) is 0 Å². The lowest BCUT2D eigenvalue weighted by Crippen LogP contribution is -2.49. The molecule has 2 fully saturated rings. The molecule has 3 rings (SSSR count). The average Bonchev–Trinajstić information content (AvgIpc) is 3.11. The Morgan fingerprint density at radius 3 is 2.75 bits per heavy atom.